The van der Waals surface area contributed by atoms with Crippen molar-refractivity contribution in [2.24, 2.45) is 5.41 Å². The molecule has 3 aliphatic rings. The van der Waals surface area contributed by atoms with E-state index in [1.807, 2.05) is 0 Å². The summed E-state index contributed by atoms with van der Waals surface area (Å²) in [6.07, 6.45) is 2.14. The molecule has 1 saturated heterocycles. The van der Waals surface area contributed by atoms with Crippen molar-refractivity contribution in [1.82, 2.24) is 4.90 Å². The highest BCUT2D eigenvalue weighted by Gasteiger charge is 2.71. The molecule has 1 aromatic rings. The van der Waals surface area contributed by atoms with Gasteiger partial charge in [-0.3, -0.25) is 19.2 Å². The first-order valence-electron chi connectivity index (χ1n) is 10.9. The van der Waals surface area contributed by atoms with Crippen LogP contribution in [-0.4, -0.2) is 53.7 Å². The largest absolute Gasteiger partial charge is 0.465 e. The van der Waals surface area contributed by atoms with Crippen LogP contribution in [0.4, 0.5) is 0 Å². The first kappa shape index (κ1) is 21.5. The van der Waals surface area contributed by atoms with Gasteiger partial charge in [0.1, 0.15) is 6.23 Å². The van der Waals surface area contributed by atoms with Crippen molar-refractivity contribution < 1.29 is 33.4 Å². The van der Waals surface area contributed by atoms with E-state index in [2.05, 4.69) is 0 Å². The normalized spacial score (nSPS) is 23.7. The predicted molar refractivity (Wildman–Crippen MR) is 108 cm³/mol. The number of hydrogen-bond acceptors (Lipinski definition) is 7. The highest BCUT2D eigenvalue weighted by Crippen LogP contribution is 2.56. The fourth-order valence-corrected chi connectivity index (χ4v) is 5.26. The lowest BCUT2D eigenvalue weighted by Gasteiger charge is -2.43. The zero-order valence-electron chi connectivity index (χ0n) is 17.8. The van der Waals surface area contributed by atoms with Gasteiger partial charge in [-0.1, -0.05) is 31.4 Å². The van der Waals surface area contributed by atoms with Crippen molar-refractivity contribution in [2.75, 3.05) is 13.2 Å². The third-order valence-electron chi connectivity index (χ3n) is 6.64. The number of carbonyl (C=O) groups excluding carboxylic acids is 4. The molecule has 2 heterocycles. The first-order valence-corrected chi connectivity index (χ1v) is 10.9. The van der Waals surface area contributed by atoms with Gasteiger partial charge in [-0.2, -0.15) is 0 Å². The van der Waals surface area contributed by atoms with E-state index >= 15 is 0 Å². The molecular formula is C23H27NO7. The Hall–Kier alpha value is -2.74. The topological polar surface area (TPSA) is 99.2 Å². The fraction of sp³-hybridized carbons (Fsp3) is 0.565. The lowest BCUT2D eigenvalue weighted by atomic mass is 9.64. The number of esters is 2. The van der Waals surface area contributed by atoms with Gasteiger partial charge in [0.05, 0.1) is 29.9 Å². The minimum Gasteiger partial charge on any atom is -0.465 e. The summed E-state index contributed by atoms with van der Waals surface area (Å²) in [5.41, 5.74) is -2.32. The summed E-state index contributed by atoms with van der Waals surface area (Å²) in [6, 6.07) is 6.55. The van der Waals surface area contributed by atoms with Crippen LogP contribution < -0.4 is 0 Å². The molecule has 0 bridgehead atoms. The van der Waals surface area contributed by atoms with Crippen LogP contribution in [0.3, 0.4) is 0 Å². The molecule has 8 heteroatoms. The molecule has 166 valence electrons. The molecule has 1 aliphatic carbocycles. The second-order valence-electron chi connectivity index (χ2n) is 8.20. The number of carbonyl (C=O) groups is 4. The van der Waals surface area contributed by atoms with E-state index in [0.29, 0.717) is 24.0 Å². The molecule has 1 aromatic carbocycles. The SMILES string of the molecule is CCOC(=O)C1(C(=O)OCC)C[C@H](N2C(=O)c3ccccc3C2=O)OC12CCCCC2. The van der Waals surface area contributed by atoms with Gasteiger partial charge in [-0.15, -0.1) is 0 Å². The molecule has 2 fully saturated rings. The quantitative estimate of drug-likeness (QED) is 0.403. The van der Waals surface area contributed by atoms with Crippen molar-refractivity contribution in [3.8, 4) is 0 Å². The van der Waals surface area contributed by atoms with Gasteiger partial charge in [0, 0.05) is 6.42 Å². The Morgan fingerprint density at radius 2 is 1.48 bits per heavy atom. The second kappa shape index (κ2) is 8.07. The van der Waals surface area contributed by atoms with Gasteiger partial charge in [0.2, 0.25) is 0 Å². The van der Waals surface area contributed by atoms with Crippen LogP contribution in [0, 0.1) is 5.41 Å². The minimum atomic E-state index is -1.72. The van der Waals surface area contributed by atoms with Gasteiger partial charge in [-0.25, -0.2) is 4.90 Å². The Balaban J connectivity index is 1.78. The van der Waals surface area contributed by atoms with E-state index < -0.39 is 41.0 Å². The molecule has 2 amide bonds. The lowest BCUT2D eigenvalue weighted by molar-refractivity contribution is -0.192. The molecule has 0 N–H and O–H groups in total. The van der Waals surface area contributed by atoms with Gasteiger partial charge in [-0.05, 0) is 38.8 Å². The third kappa shape index (κ3) is 3.07. The molecule has 0 radical (unpaired) electrons. The number of fused-ring (bicyclic) bond motifs is 1. The summed E-state index contributed by atoms with van der Waals surface area (Å²) in [4.78, 5) is 53.8. The Bertz CT molecular complexity index is 865. The molecular weight excluding hydrogens is 402 g/mol. The van der Waals surface area contributed by atoms with Crippen molar-refractivity contribution >= 4 is 23.8 Å². The molecule has 1 atom stereocenters. The molecule has 0 unspecified atom stereocenters. The highest BCUT2D eigenvalue weighted by molar-refractivity contribution is 6.21. The van der Waals surface area contributed by atoms with Crippen LogP contribution >= 0.6 is 0 Å². The van der Waals surface area contributed by atoms with Crippen LogP contribution in [0.15, 0.2) is 24.3 Å². The number of rotatable bonds is 5. The second-order valence-corrected chi connectivity index (χ2v) is 8.20. The molecule has 1 saturated carbocycles. The zero-order valence-corrected chi connectivity index (χ0v) is 17.8. The van der Waals surface area contributed by atoms with Crippen molar-refractivity contribution in [3.05, 3.63) is 35.4 Å². The van der Waals surface area contributed by atoms with Crippen molar-refractivity contribution in [3.63, 3.8) is 0 Å². The van der Waals surface area contributed by atoms with E-state index in [-0.39, 0.29) is 19.6 Å². The van der Waals surface area contributed by atoms with Crippen molar-refractivity contribution in [1.29, 1.82) is 0 Å². The monoisotopic (exact) mass is 429 g/mol. The van der Waals surface area contributed by atoms with E-state index in [4.69, 9.17) is 14.2 Å². The highest BCUT2D eigenvalue weighted by atomic mass is 16.6. The molecule has 8 nitrogen and oxygen atoms in total. The van der Waals surface area contributed by atoms with Gasteiger partial charge < -0.3 is 14.2 Å². The van der Waals surface area contributed by atoms with Gasteiger partial charge in [0.15, 0.2) is 5.41 Å². The summed E-state index contributed by atoms with van der Waals surface area (Å²) < 4.78 is 17.1. The molecule has 2 aliphatic heterocycles. The number of nitrogens with zero attached hydrogens (tertiary/aromatic N) is 1. The van der Waals surface area contributed by atoms with E-state index in [1.54, 1.807) is 38.1 Å². The zero-order chi connectivity index (χ0) is 22.2. The van der Waals surface area contributed by atoms with E-state index in [0.717, 1.165) is 24.2 Å². The summed E-state index contributed by atoms with van der Waals surface area (Å²) in [6.45, 7) is 3.52. The number of amides is 2. The molecule has 0 aromatic heterocycles. The van der Waals surface area contributed by atoms with Gasteiger partial charge in [0.25, 0.3) is 11.8 Å². The Morgan fingerprint density at radius 1 is 0.968 bits per heavy atom. The van der Waals surface area contributed by atoms with Crippen LogP contribution in [0.2, 0.25) is 0 Å². The predicted octanol–water partition coefficient (Wildman–Crippen LogP) is 2.84. The first-order chi connectivity index (χ1) is 14.9. The Morgan fingerprint density at radius 3 is 1.97 bits per heavy atom. The van der Waals surface area contributed by atoms with Crippen LogP contribution in [0.1, 0.15) is 73.1 Å². The summed E-state index contributed by atoms with van der Waals surface area (Å²) in [5.74, 6) is -2.40. The standard InChI is InChI=1S/C23H27NO7/c1-3-29-20(27)23(21(28)30-4-2)14-17(31-22(23)12-8-5-9-13-22)24-18(25)15-10-6-7-11-16(15)19(24)26/h6-7,10-11,17H,3-5,8-9,12-14H2,1-2H3/t17-/m1/s1. The summed E-state index contributed by atoms with van der Waals surface area (Å²) >= 11 is 0. The van der Waals surface area contributed by atoms with Crippen LogP contribution in [-0.2, 0) is 23.8 Å². The number of imide groups is 1. The van der Waals surface area contributed by atoms with E-state index in [1.165, 1.54) is 0 Å². The average molecular weight is 429 g/mol. The number of ether oxygens (including phenoxy) is 3. The maximum absolute atomic E-state index is 13.3. The molecule has 1 spiro atoms. The maximum Gasteiger partial charge on any atom is 0.326 e. The third-order valence-corrected chi connectivity index (χ3v) is 6.64. The average Bonchev–Trinajstić information content (AvgIpc) is 3.22. The van der Waals surface area contributed by atoms with E-state index in [9.17, 15) is 19.2 Å². The summed E-state index contributed by atoms with van der Waals surface area (Å²) in [7, 11) is 0. The van der Waals surface area contributed by atoms with Crippen LogP contribution in [0.5, 0.6) is 0 Å². The summed E-state index contributed by atoms with van der Waals surface area (Å²) in [5, 5.41) is 0. The minimum absolute atomic E-state index is 0.0910. The van der Waals surface area contributed by atoms with Crippen molar-refractivity contribution in [2.45, 2.75) is 64.2 Å². The fourth-order valence-electron chi connectivity index (χ4n) is 5.26. The Labute approximate surface area is 180 Å². The maximum atomic E-state index is 13.3. The molecule has 4 rings (SSSR count). The smallest absolute Gasteiger partial charge is 0.326 e. The number of benzene rings is 1. The van der Waals surface area contributed by atoms with Crippen LogP contribution in [0.25, 0.3) is 0 Å². The Kier molecular flexibility index (Phi) is 5.60. The number of hydrogen-bond donors (Lipinski definition) is 0. The van der Waals surface area contributed by atoms with Gasteiger partial charge >= 0.3 is 11.9 Å². The lowest BCUT2D eigenvalue weighted by Crippen LogP contribution is -2.57. The molecule has 31 heavy (non-hydrogen) atoms.